The molecular formula is C28H21N3O2. The number of pyridine rings is 2. The molecule has 0 aliphatic heterocycles. The molecule has 0 fully saturated rings. The van der Waals surface area contributed by atoms with E-state index in [1.165, 1.54) is 0 Å². The van der Waals surface area contributed by atoms with E-state index in [-0.39, 0.29) is 5.91 Å². The molecule has 33 heavy (non-hydrogen) atoms. The number of nitrogens with one attached hydrogen (secondary N) is 1. The standard InChI is InChI=1S/C28H21N3O2/c1-33-22-13-7-12-21(17-22)30-28(32)26-25(19-9-3-2-4-10-19)23-14-5-6-15-24(23)31-27(26)20-11-8-16-29-18-20/h2-18H,1H3,(H,30,32). The topological polar surface area (TPSA) is 64.1 Å². The van der Waals surface area contributed by atoms with Crippen LogP contribution in [0.15, 0.2) is 103 Å². The number of amides is 1. The number of nitrogens with zero attached hydrogens (tertiary/aromatic N) is 2. The Hall–Kier alpha value is -4.51. The molecule has 0 aliphatic carbocycles. The fourth-order valence-corrected chi connectivity index (χ4v) is 3.94. The molecule has 5 aromatic rings. The summed E-state index contributed by atoms with van der Waals surface area (Å²) in [7, 11) is 1.60. The zero-order valence-electron chi connectivity index (χ0n) is 18.0. The Morgan fingerprint density at radius 2 is 1.64 bits per heavy atom. The van der Waals surface area contributed by atoms with Gasteiger partial charge in [0.15, 0.2) is 0 Å². The number of rotatable bonds is 5. The Morgan fingerprint density at radius 1 is 0.848 bits per heavy atom. The maximum Gasteiger partial charge on any atom is 0.258 e. The summed E-state index contributed by atoms with van der Waals surface area (Å²) in [6.07, 6.45) is 3.44. The van der Waals surface area contributed by atoms with Gasteiger partial charge in [-0.1, -0.05) is 54.6 Å². The highest BCUT2D eigenvalue weighted by Gasteiger charge is 2.23. The van der Waals surface area contributed by atoms with Crippen LogP contribution in [0.25, 0.3) is 33.3 Å². The summed E-state index contributed by atoms with van der Waals surface area (Å²) < 4.78 is 5.31. The normalized spacial score (nSPS) is 10.7. The summed E-state index contributed by atoms with van der Waals surface area (Å²) in [6, 6.07) is 28.9. The van der Waals surface area contributed by atoms with E-state index >= 15 is 0 Å². The molecule has 5 heteroatoms. The first-order valence-corrected chi connectivity index (χ1v) is 10.6. The summed E-state index contributed by atoms with van der Waals surface area (Å²) in [5.41, 5.74) is 5.09. The van der Waals surface area contributed by atoms with Crippen molar-refractivity contribution in [3.8, 4) is 28.1 Å². The van der Waals surface area contributed by atoms with E-state index in [0.29, 0.717) is 22.7 Å². The van der Waals surface area contributed by atoms with E-state index in [9.17, 15) is 4.79 Å². The Bertz CT molecular complexity index is 1430. The van der Waals surface area contributed by atoms with Crippen LogP contribution in [-0.2, 0) is 0 Å². The fourth-order valence-electron chi connectivity index (χ4n) is 3.94. The summed E-state index contributed by atoms with van der Waals surface area (Å²) in [6.45, 7) is 0. The van der Waals surface area contributed by atoms with Gasteiger partial charge in [0.05, 0.1) is 23.9 Å². The Kier molecular flexibility index (Phi) is 5.52. The first-order valence-electron chi connectivity index (χ1n) is 10.6. The number of hydrogen-bond donors (Lipinski definition) is 1. The number of anilines is 1. The number of ether oxygens (including phenoxy) is 1. The van der Waals surface area contributed by atoms with Gasteiger partial charge in [0, 0.05) is 40.7 Å². The smallest absolute Gasteiger partial charge is 0.258 e. The van der Waals surface area contributed by atoms with Gasteiger partial charge in [-0.25, -0.2) is 4.98 Å². The van der Waals surface area contributed by atoms with Crippen molar-refractivity contribution in [2.75, 3.05) is 12.4 Å². The molecule has 1 N–H and O–H groups in total. The number of methoxy groups -OCH3 is 1. The molecule has 0 unspecified atom stereocenters. The number of fused-ring (bicyclic) bond motifs is 1. The average Bonchev–Trinajstić information content (AvgIpc) is 2.88. The monoisotopic (exact) mass is 431 g/mol. The van der Waals surface area contributed by atoms with Crippen molar-refractivity contribution in [2.24, 2.45) is 0 Å². The van der Waals surface area contributed by atoms with Crippen molar-refractivity contribution >= 4 is 22.5 Å². The largest absolute Gasteiger partial charge is 0.497 e. The zero-order valence-corrected chi connectivity index (χ0v) is 18.0. The Labute approximate surface area is 191 Å². The van der Waals surface area contributed by atoms with Crippen LogP contribution in [0.1, 0.15) is 10.4 Å². The SMILES string of the molecule is COc1cccc(NC(=O)c2c(-c3cccnc3)nc3ccccc3c2-c2ccccc2)c1. The van der Waals surface area contributed by atoms with Crippen LogP contribution in [0, 0.1) is 0 Å². The minimum absolute atomic E-state index is 0.251. The van der Waals surface area contributed by atoms with Gasteiger partial charge >= 0.3 is 0 Å². The molecule has 0 spiro atoms. The van der Waals surface area contributed by atoms with Gasteiger partial charge in [-0.15, -0.1) is 0 Å². The second kappa shape index (κ2) is 8.93. The third-order valence-electron chi connectivity index (χ3n) is 5.44. The van der Waals surface area contributed by atoms with Crippen molar-refractivity contribution in [1.29, 1.82) is 0 Å². The molecule has 0 radical (unpaired) electrons. The second-order valence-electron chi connectivity index (χ2n) is 7.52. The Balaban J connectivity index is 1.78. The average molecular weight is 431 g/mol. The van der Waals surface area contributed by atoms with E-state index in [1.807, 2.05) is 84.9 Å². The van der Waals surface area contributed by atoms with Crippen LogP contribution in [-0.4, -0.2) is 23.0 Å². The van der Waals surface area contributed by atoms with Crippen LogP contribution in [0.4, 0.5) is 5.69 Å². The third kappa shape index (κ3) is 4.04. The van der Waals surface area contributed by atoms with Crippen molar-refractivity contribution in [1.82, 2.24) is 9.97 Å². The number of carbonyl (C=O) groups is 1. The van der Waals surface area contributed by atoms with E-state index in [2.05, 4.69) is 10.3 Å². The molecule has 5 rings (SSSR count). The maximum absolute atomic E-state index is 13.8. The summed E-state index contributed by atoms with van der Waals surface area (Å²) >= 11 is 0. The summed E-state index contributed by atoms with van der Waals surface area (Å²) in [4.78, 5) is 23.0. The first-order chi connectivity index (χ1) is 16.2. The number of hydrogen-bond acceptors (Lipinski definition) is 4. The molecule has 3 aromatic carbocycles. The molecule has 160 valence electrons. The highest BCUT2D eigenvalue weighted by molar-refractivity contribution is 6.17. The van der Waals surface area contributed by atoms with Crippen molar-refractivity contribution in [3.63, 3.8) is 0 Å². The number of carbonyl (C=O) groups excluding carboxylic acids is 1. The molecule has 0 atom stereocenters. The van der Waals surface area contributed by atoms with Gasteiger partial charge in [-0.05, 0) is 35.9 Å². The zero-order chi connectivity index (χ0) is 22.6. The molecule has 0 saturated carbocycles. The second-order valence-corrected chi connectivity index (χ2v) is 7.52. The van der Waals surface area contributed by atoms with Crippen molar-refractivity contribution in [2.45, 2.75) is 0 Å². The van der Waals surface area contributed by atoms with E-state index in [0.717, 1.165) is 27.6 Å². The molecule has 0 saturated heterocycles. The molecule has 1 amide bonds. The molecule has 0 bridgehead atoms. The molecule has 2 heterocycles. The number of benzene rings is 3. The third-order valence-corrected chi connectivity index (χ3v) is 5.44. The van der Waals surface area contributed by atoms with Crippen LogP contribution in [0.3, 0.4) is 0 Å². The lowest BCUT2D eigenvalue weighted by molar-refractivity contribution is 0.102. The van der Waals surface area contributed by atoms with E-state index in [1.54, 1.807) is 25.6 Å². The molecule has 2 aromatic heterocycles. The van der Waals surface area contributed by atoms with E-state index in [4.69, 9.17) is 9.72 Å². The van der Waals surface area contributed by atoms with Gasteiger partial charge in [0.2, 0.25) is 0 Å². The van der Waals surface area contributed by atoms with Gasteiger partial charge in [0.1, 0.15) is 5.75 Å². The lowest BCUT2D eigenvalue weighted by atomic mass is 9.91. The van der Waals surface area contributed by atoms with Crippen molar-refractivity contribution in [3.05, 3.63) is 109 Å². The first kappa shape index (κ1) is 20.4. The summed E-state index contributed by atoms with van der Waals surface area (Å²) in [5, 5.41) is 3.95. The molecule has 0 aliphatic rings. The van der Waals surface area contributed by atoms with Crippen LogP contribution in [0.5, 0.6) is 5.75 Å². The predicted molar refractivity (Wildman–Crippen MR) is 131 cm³/mol. The lowest BCUT2D eigenvalue weighted by Gasteiger charge is -2.18. The van der Waals surface area contributed by atoms with Gasteiger partial charge < -0.3 is 10.1 Å². The quantitative estimate of drug-likeness (QED) is 0.359. The summed E-state index contributed by atoms with van der Waals surface area (Å²) in [5.74, 6) is 0.416. The maximum atomic E-state index is 13.8. The Morgan fingerprint density at radius 3 is 2.42 bits per heavy atom. The van der Waals surface area contributed by atoms with Gasteiger partial charge in [-0.2, -0.15) is 0 Å². The van der Waals surface area contributed by atoms with Crippen LogP contribution < -0.4 is 10.1 Å². The predicted octanol–water partition coefficient (Wildman–Crippen LogP) is 6.22. The molecular weight excluding hydrogens is 410 g/mol. The van der Waals surface area contributed by atoms with Gasteiger partial charge in [-0.3, -0.25) is 9.78 Å². The highest BCUT2D eigenvalue weighted by Crippen LogP contribution is 2.37. The minimum atomic E-state index is -0.251. The van der Waals surface area contributed by atoms with Crippen LogP contribution in [0.2, 0.25) is 0 Å². The van der Waals surface area contributed by atoms with Crippen LogP contribution >= 0.6 is 0 Å². The lowest BCUT2D eigenvalue weighted by Crippen LogP contribution is -2.16. The van der Waals surface area contributed by atoms with Gasteiger partial charge in [0.25, 0.3) is 5.91 Å². The number of para-hydroxylation sites is 1. The number of aromatic nitrogens is 2. The van der Waals surface area contributed by atoms with E-state index < -0.39 is 0 Å². The minimum Gasteiger partial charge on any atom is -0.497 e. The highest BCUT2D eigenvalue weighted by atomic mass is 16.5. The van der Waals surface area contributed by atoms with Crippen molar-refractivity contribution < 1.29 is 9.53 Å². The molecule has 5 nitrogen and oxygen atoms in total. The fraction of sp³-hybridized carbons (Fsp3) is 0.0357.